The third-order valence-electron chi connectivity index (χ3n) is 6.35. The summed E-state index contributed by atoms with van der Waals surface area (Å²) in [6.07, 6.45) is 1.09. The molecule has 2 N–H and O–H groups in total. The van der Waals surface area contributed by atoms with E-state index < -0.39 is 10.0 Å². The van der Waals surface area contributed by atoms with Gasteiger partial charge < -0.3 is 15.0 Å². The van der Waals surface area contributed by atoms with Crippen LogP contribution in [0.5, 0.6) is 0 Å². The van der Waals surface area contributed by atoms with Crippen LogP contribution >= 0.6 is 0 Å². The number of ether oxygens (including phenoxy) is 1. The smallest absolute Gasteiger partial charge is 0.317 e. The number of carbonyl (C=O) groups is 1. The second kappa shape index (κ2) is 11.3. The number of sulfonamides is 1. The van der Waals surface area contributed by atoms with E-state index in [0.717, 1.165) is 18.7 Å². The maximum absolute atomic E-state index is 13.4. The number of carbonyl (C=O) groups excluding carboxylic acids is 1. The first kappa shape index (κ1) is 24.6. The Morgan fingerprint density at radius 1 is 1.00 bits per heavy atom. The minimum Gasteiger partial charge on any atom is -0.379 e. The van der Waals surface area contributed by atoms with Crippen molar-refractivity contribution < 1.29 is 22.3 Å². The first-order chi connectivity index (χ1) is 16.4. The number of morpholine rings is 1. The lowest BCUT2D eigenvalue weighted by atomic mass is 10.0. The van der Waals surface area contributed by atoms with Crippen molar-refractivity contribution in [2.75, 3.05) is 45.9 Å². The largest absolute Gasteiger partial charge is 0.379 e. The van der Waals surface area contributed by atoms with Crippen LogP contribution in [-0.4, -0.2) is 76.2 Å². The highest BCUT2D eigenvalue weighted by atomic mass is 32.2. The summed E-state index contributed by atoms with van der Waals surface area (Å²) in [6, 6.07) is 14.2. The fourth-order valence-electron chi connectivity index (χ4n) is 4.42. The Morgan fingerprint density at radius 2 is 1.65 bits per heavy atom. The van der Waals surface area contributed by atoms with Crippen LogP contribution in [-0.2, 0) is 14.8 Å². The average molecular weight is 491 g/mol. The summed E-state index contributed by atoms with van der Waals surface area (Å²) in [7, 11) is -3.58. The van der Waals surface area contributed by atoms with E-state index in [0.29, 0.717) is 45.7 Å². The molecule has 2 heterocycles. The molecule has 1 atom stereocenters. The molecule has 2 saturated heterocycles. The van der Waals surface area contributed by atoms with Gasteiger partial charge in [-0.05, 0) is 42.7 Å². The molecular weight excluding hydrogens is 459 g/mol. The summed E-state index contributed by atoms with van der Waals surface area (Å²) < 4.78 is 46.8. The van der Waals surface area contributed by atoms with Gasteiger partial charge >= 0.3 is 6.03 Å². The lowest BCUT2D eigenvalue weighted by Crippen LogP contribution is -2.51. The lowest BCUT2D eigenvalue weighted by Gasteiger charge is -2.36. The maximum atomic E-state index is 13.4. The van der Waals surface area contributed by atoms with E-state index in [2.05, 4.69) is 14.9 Å². The Bertz CT molecular complexity index is 1040. The molecule has 0 radical (unpaired) electrons. The summed E-state index contributed by atoms with van der Waals surface area (Å²) in [5.74, 6) is -0.292. The van der Waals surface area contributed by atoms with Gasteiger partial charge in [0.1, 0.15) is 5.82 Å². The number of benzene rings is 2. The van der Waals surface area contributed by atoms with Gasteiger partial charge in [-0.3, -0.25) is 4.90 Å². The van der Waals surface area contributed by atoms with E-state index in [1.54, 1.807) is 47.4 Å². The van der Waals surface area contributed by atoms with Gasteiger partial charge in [0.05, 0.1) is 24.2 Å². The van der Waals surface area contributed by atoms with Crippen LogP contribution in [0.25, 0.3) is 0 Å². The first-order valence-corrected chi connectivity index (χ1v) is 13.1. The number of nitrogens with zero attached hydrogens (tertiary/aromatic N) is 2. The monoisotopic (exact) mass is 490 g/mol. The van der Waals surface area contributed by atoms with E-state index in [4.69, 9.17) is 4.74 Å². The highest BCUT2D eigenvalue weighted by Gasteiger charge is 2.28. The van der Waals surface area contributed by atoms with Crippen molar-refractivity contribution in [2.24, 2.45) is 0 Å². The molecule has 4 rings (SSSR count). The van der Waals surface area contributed by atoms with E-state index >= 15 is 0 Å². The van der Waals surface area contributed by atoms with Crippen molar-refractivity contribution in [3.05, 3.63) is 66.0 Å². The van der Waals surface area contributed by atoms with Crippen LogP contribution in [0.4, 0.5) is 9.18 Å². The third-order valence-corrected chi connectivity index (χ3v) is 7.88. The highest BCUT2D eigenvalue weighted by Crippen LogP contribution is 2.22. The van der Waals surface area contributed by atoms with Crippen LogP contribution in [0.1, 0.15) is 24.4 Å². The molecular formula is C24H31FN4O4S. The van der Waals surface area contributed by atoms with Crippen LogP contribution in [0.15, 0.2) is 59.5 Å². The molecule has 34 heavy (non-hydrogen) atoms. The van der Waals surface area contributed by atoms with Crippen molar-refractivity contribution in [2.45, 2.75) is 29.8 Å². The summed E-state index contributed by atoms with van der Waals surface area (Å²) in [6.45, 7) is 4.05. The molecule has 2 amide bonds. The third kappa shape index (κ3) is 6.32. The minimum absolute atomic E-state index is 0.0799. The van der Waals surface area contributed by atoms with Gasteiger partial charge in [-0.25, -0.2) is 22.3 Å². The molecule has 0 saturated carbocycles. The van der Waals surface area contributed by atoms with E-state index in [1.807, 2.05) is 0 Å². The van der Waals surface area contributed by atoms with Crippen LogP contribution in [0, 0.1) is 5.82 Å². The van der Waals surface area contributed by atoms with Gasteiger partial charge in [-0.2, -0.15) is 0 Å². The van der Waals surface area contributed by atoms with Gasteiger partial charge in [0, 0.05) is 38.8 Å². The van der Waals surface area contributed by atoms with Gasteiger partial charge in [0.2, 0.25) is 10.0 Å². The van der Waals surface area contributed by atoms with Crippen molar-refractivity contribution in [3.8, 4) is 0 Å². The molecule has 10 heteroatoms. The molecule has 0 spiro atoms. The molecule has 0 aromatic heterocycles. The van der Waals surface area contributed by atoms with E-state index in [1.165, 1.54) is 12.1 Å². The molecule has 2 aromatic rings. The highest BCUT2D eigenvalue weighted by molar-refractivity contribution is 7.89. The molecule has 2 aliphatic rings. The zero-order valence-electron chi connectivity index (χ0n) is 19.0. The Balaban J connectivity index is 1.30. The number of halogens is 1. The van der Waals surface area contributed by atoms with Gasteiger partial charge in [0.25, 0.3) is 0 Å². The number of hydrogen-bond donors (Lipinski definition) is 2. The predicted molar refractivity (Wildman–Crippen MR) is 126 cm³/mol. The molecule has 8 nitrogen and oxygen atoms in total. The fourth-order valence-corrected chi connectivity index (χ4v) is 5.74. The molecule has 2 aromatic carbocycles. The van der Waals surface area contributed by atoms with Crippen molar-refractivity contribution in [3.63, 3.8) is 0 Å². The van der Waals surface area contributed by atoms with Crippen LogP contribution in [0.2, 0.25) is 0 Å². The summed E-state index contributed by atoms with van der Waals surface area (Å²) in [5, 5.41) is 3.02. The van der Waals surface area contributed by atoms with Gasteiger partial charge in [0.15, 0.2) is 0 Å². The number of urea groups is 1. The fraction of sp³-hybridized carbons (Fsp3) is 0.458. The molecule has 0 bridgehead atoms. The molecule has 184 valence electrons. The standard InChI is InChI=1S/C24H31FN4O4S/c25-20-8-6-19(7-9-20)23(28-14-16-33-17-15-28)18-26-24(30)29-12-10-21(11-13-29)27-34(31,32)22-4-2-1-3-5-22/h1-9,21,23,27H,10-18H2,(H,26,30). The number of piperidine rings is 1. The van der Waals surface area contributed by atoms with Crippen molar-refractivity contribution in [1.82, 2.24) is 19.8 Å². The predicted octanol–water partition coefficient (Wildman–Crippen LogP) is 2.35. The Kier molecular flexibility index (Phi) is 8.15. The second-order valence-corrected chi connectivity index (χ2v) is 10.3. The molecule has 1 unspecified atom stereocenters. The molecule has 0 aliphatic carbocycles. The summed E-state index contributed by atoms with van der Waals surface area (Å²) in [5.41, 5.74) is 0.942. The normalized spacial score (nSPS) is 19.0. The lowest BCUT2D eigenvalue weighted by molar-refractivity contribution is 0.0164. The molecule has 2 aliphatic heterocycles. The zero-order chi connectivity index (χ0) is 24.0. The number of amides is 2. The topological polar surface area (TPSA) is 91.0 Å². The van der Waals surface area contributed by atoms with Crippen molar-refractivity contribution >= 4 is 16.1 Å². The Labute approximate surface area is 200 Å². The Morgan fingerprint density at radius 3 is 2.29 bits per heavy atom. The first-order valence-electron chi connectivity index (χ1n) is 11.6. The second-order valence-electron chi connectivity index (χ2n) is 8.60. The van der Waals surface area contributed by atoms with Crippen LogP contribution < -0.4 is 10.0 Å². The Hall–Kier alpha value is -2.53. The SMILES string of the molecule is O=C(NCC(c1ccc(F)cc1)N1CCOCC1)N1CCC(NS(=O)(=O)c2ccccc2)CC1. The maximum Gasteiger partial charge on any atom is 0.317 e. The average Bonchev–Trinajstić information content (AvgIpc) is 2.86. The number of rotatable bonds is 7. The minimum atomic E-state index is -3.58. The van der Waals surface area contributed by atoms with Crippen molar-refractivity contribution in [1.29, 1.82) is 0 Å². The van der Waals surface area contributed by atoms with E-state index in [9.17, 15) is 17.6 Å². The zero-order valence-corrected chi connectivity index (χ0v) is 19.8. The quantitative estimate of drug-likeness (QED) is 0.622. The van der Waals surface area contributed by atoms with E-state index in [-0.39, 0.29) is 28.8 Å². The van der Waals surface area contributed by atoms with Gasteiger partial charge in [-0.1, -0.05) is 30.3 Å². The number of hydrogen-bond acceptors (Lipinski definition) is 5. The van der Waals surface area contributed by atoms with Gasteiger partial charge in [-0.15, -0.1) is 0 Å². The molecule has 2 fully saturated rings. The number of nitrogens with one attached hydrogen (secondary N) is 2. The number of likely N-dealkylation sites (tertiary alicyclic amines) is 1. The van der Waals surface area contributed by atoms with Crippen LogP contribution in [0.3, 0.4) is 0 Å². The summed E-state index contributed by atoms with van der Waals surface area (Å²) in [4.78, 5) is 17.1. The summed E-state index contributed by atoms with van der Waals surface area (Å²) >= 11 is 0.